The Kier molecular flexibility index (Phi) is 7.83. The summed E-state index contributed by atoms with van der Waals surface area (Å²) in [7, 11) is 3.15. The van der Waals surface area contributed by atoms with Crippen molar-refractivity contribution >= 4 is 0 Å². The Morgan fingerprint density at radius 3 is 1.95 bits per heavy atom. The monoisotopic (exact) mass is 548 g/mol. The number of nitrogens with one attached hydrogen (secondary N) is 1. The second kappa shape index (κ2) is 11.5. The number of nitrogens with zero attached hydrogens (tertiary/aromatic N) is 1. The third kappa shape index (κ3) is 4.92. The molecule has 0 saturated carbocycles. The normalized spacial score (nSPS) is 20.8. The van der Waals surface area contributed by atoms with Gasteiger partial charge in [0.1, 0.15) is 29.3 Å². The van der Waals surface area contributed by atoms with E-state index >= 15 is 4.39 Å². The Bertz CT molecular complexity index is 1460. The van der Waals surface area contributed by atoms with Crippen LogP contribution in [0.1, 0.15) is 22.9 Å². The van der Waals surface area contributed by atoms with Crippen molar-refractivity contribution in [2.24, 2.45) is 0 Å². The molecule has 208 valence electrons. The molecule has 0 spiro atoms. The second-order valence-electron chi connectivity index (χ2n) is 9.31. The van der Waals surface area contributed by atoms with Gasteiger partial charge in [0.15, 0.2) is 12.4 Å². The van der Waals surface area contributed by atoms with E-state index in [1.54, 1.807) is 14.2 Å². The maximum absolute atomic E-state index is 15.3. The number of halogens is 1. The summed E-state index contributed by atoms with van der Waals surface area (Å²) in [4.78, 5) is 27.0. The minimum Gasteiger partial charge on any atom is -0.497 e. The molecule has 5 rings (SSSR count). The number of methoxy groups -OCH3 is 2. The highest BCUT2D eigenvalue weighted by molar-refractivity contribution is 5.49. The zero-order valence-electron chi connectivity index (χ0n) is 21.9. The number of ether oxygens (including phenoxy) is 4. The lowest BCUT2D eigenvalue weighted by Crippen LogP contribution is -2.40. The van der Waals surface area contributed by atoms with Crippen molar-refractivity contribution in [3.8, 4) is 11.5 Å². The molecule has 4 atom stereocenters. The molecule has 1 fully saturated rings. The zero-order valence-corrected chi connectivity index (χ0v) is 21.9. The van der Waals surface area contributed by atoms with E-state index in [0.717, 1.165) is 29.0 Å². The number of aromatic amines is 1. The summed E-state index contributed by atoms with van der Waals surface area (Å²) in [6, 6.07) is 25.2. The summed E-state index contributed by atoms with van der Waals surface area (Å²) in [5.41, 5.74) is -0.581. The third-order valence-electron chi connectivity index (χ3n) is 7.07. The fraction of sp³-hybridized carbons (Fsp3) is 0.267. The number of H-pyrrole nitrogens is 1. The predicted octanol–water partition coefficient (Wildman–Crippen LogP) is 3.16. The molecule has 10 heteroatoms. The van der Waals surface area contributed by atoms with Crippen LogP contribution in [0.4, 0.5) is 4.39 Å². The van der Waals surface area contributed by atoms with Gasteiger partial charge in [0.25, 0.3) is 5.56 Å². The maximum atomic E-state index is 15.3. The highest BCUT2D eigenvalue weighted by Gasteiger charge is 2.48. The molecule has 0 radical (unpaired) electrons. The predicted molar refractivity (Wildman–Crippen MR) is 144 cm³/mol. The summed E-state index contributed by atoms with van der Waals surface area (Å²) in [6.07, 6.45) is -5.34. The van der Waals surface area contributed by atoms with E-state index in [1.807, 2.05) is 78.9 Å². The molecule has 0 amide bonds. The molecule has 2 heterocycles. The summed E-state index contributed by atoms with van der Waals surface area (Å²) in [5.74, 6) is 1.30. The van der Waals surface area contributed by atoms with Crippen LogP contribution in [0.3, 0.4) is 0 Å². The van der Waals surface area contributed by atoms with Gasteiger partial charge in [-0.3, -0.25) is 4.79 Å². The lowest BCUT2D eigenvalue weighted by molar-refractivity contribution is -0.0956. The Balaban J connectivity index is 1.57. The van der Waals surface area contributed by atoms with E-state index in [1.165, 1.54) is 0 Å². The topological polar surface area (TPSA) is 112 Å². The number of hydrogen-bond acceptors (Lipinski definition) is 7. The molecule has 40 heavy (non-hydrogen) atoms. The van der Waals surface area contributed by atoms with Gasteiger partial charge in [0.05, 0.1) is 20.8 Å². The van der Waals surface area contributed by atoms with Crippen LogP contribution >= 0.6 is 0 Å². The lowest BCUT2D eigenvalue weighted by Gasteiger charge is -2.37. The van der Waals surface area contributed by atoms with Gasteiger partial charge in [-0.15, -0.1) is 0 Å². The standard InChI is InChI=1S/C30H29FN2O7/c1-37-22-12-8-20(9-13-22)30(19-6-4-3-5-7-19,21-10-14-23(38-2)15-11-21)39-18-24-27(35)26(31)28(40-24)33-25(34)16-17-32-29(33)36/h3-17,24,26-28,35H,18H2,1-2H3,(H,32,36)/t24-,26+,27-,28-/m1/s1. The van der Waals surface area contributed by atoms with Gasteiger partial charge in [0, 0.05) is 12.3 Å². The second-order valence-corrected chi connectivity index (χ2v) is 9.31. The van der Waals surface area contributed by atoms with Crippen molar-refractivity contribution in [3.05, 3.63) is 129 Å². The Hall–Kier alpha value is -4.25. The minimum absolute atomic E-state index is 0.273. The molecule has 0 aliphatic carbocycles. The van der Waals surface area contributed by atoms with Crippen molar-refractivity contribution in [2.45, 2.75) is 30.2 Å². The molecule has 1 saturated heterocycles. The quantitative estimate of drug-likeness (QED) is 0.309. The number of aliphatic hydroxyl groups is 1. The molecule has 2 N–H and O–H groups in total. The van der Waals surface area contributed by atoms with Gasteiger partial charge in [-0.2, -0.15) is 0 Å². The number of rotatable bonds is 9. The largest absolute Gasteiger partial charge is 0.497 e. The molecule has 1 aliphatic rings. The Labute approximate surface area is 229 Å². The first-order valence-electron chi connectivity index (χ1n) is 12.7. The van der Waals surface area contributed by atoms with Crippen LogP contribution in [0.5, 0.6) is 11.5 Å². The molecule has 3 aromatic carbocycles. The molecular formula is C30H29FN2O7. The maximum Gasteiger partial charge on any atom is 0.330 e. The molecule has 0 bridgehead atoms. The first-order chi connectivity index (χ1) is 19.4. The highest BCUT2D eigenvalue weighted by Crippen LogP contribution is 2.42. The molecule has 1 aromatic heterocycles. The van der Waals surface area contributed by atoms with Gasteiger partial charge < -0.3 is 29.0 Å². The highest BCUT2D eigenvalue weighted by atomic mass is 19.1. The smallest absolute Gasteiger partial charge is 0.330 e. The summed E-state index contributed by atoms with van der Waals surface area (Å²) in [5, 5.41) is 10.8. The van der Waals surface area contributed by atoms with Crippen LogP contribution < -0.4 is 20.7 Å². The number of benzene rings is 3. The average Bonchev–Trinajstić information content (AvgIpc) is 3.27. The zero-order chi connectivity index (χ0) is 28.3. The molecular weight excluding hydrogens is 519 g/mol. The number of hydrogen-bond donors (Lipinski definition) is 2. The van der Waals surface area contributed by atoms with Crippen molar-refractivity contribution in [2.75, 3.05) is 20.8 Å². The van der Waals surface area contributed by atoms with Crippen molar-refractivity contribution in [1.29, 1.82) is 0 Å². The average molecular weight is 549 g/mol. The van der Waals surface area contributed by atoms with Crippen molar-refractivity contribution in [3.63, 3.8) is 0 Å². The first kappa shape index (κ1) is 27.3. The lowest BCUT2D eigenvalue weighted by atomic mass is 9.80. The van der Waals surface area contributed by atoms with Crippen LogP contribution in [-0.2, 0) is 15.1 Å². The fourth-order valence-electron chi connectivity index (χ4n) is 5.01. The summed E-state index contributed by atoms with van der Waals surface area (Å²) >= 11 is 0. The first-order valence-corrected chi connectivity index (χ1v) is 12.7. The molecule has 9 nitrogen and oxygen atoms in total. The summed E-state index contributed by atoms with van der Waals surface area (Å²) < 4.78 is 39.0. The van der Waals surface area contributed by atoms with Crippen LogP contribution in [0.25, 0.3) is 0 Å². The van der Waals surface area contributed by atoms with Crippen LogP contribution in [-0.4, -0.2) is 53.9 Å². The minimum atomic E-state index is -2.04. The van der Waals surface area contributed by atoms with Gasteiger partial charge in [-0.1, -0.05) is 54.6 Å². The van der Waals surface area contributed by atoms with E-state index in [-0.39, 0.29) is 6.61 Å². The van der Waals surface area contributed by atoms with Gasteiger partial charge in [0.2, 0.25) is 0 Å². The SMILES string of the molecule is COc1ccc(C(OC[C@H]2O[C@@H](n3c(=O)cc[nH]c3=O)[C@@H](F)[C@@H]2O)(c2ccccc2)c2ccc(OC)cc2)cc1. The van der Waals surface area contributed by atoms with Gasteiger partial charge in [-0.05, 0) is 41.0 Å². The van der Waals surface area contributed by atoms with Crippen molar-refractivity contribution < 1.29 is 28.4 Å². The Morgan fingerprint density at radius 2 is 1.43 bits per heavy atom. The van der Waals surface area contributed by atoms with Gasteiger partial charge in [-0.25, -0.2) is 13.8 Å². The van der Waals surface area contributed by atoms with Gasteiger partial charge >= 0.3 is 5.69 Å². The van der Waals surface area contributed by atoms with E-state index < -0.39 is 41.5 Å². The Morgan fingerprint density at radius 1 is 0.875 bits per heavy atom. The van der Waals surface area contributed by atoms with Crippen LogP contribution in [0, 0.1) is 0 Å². The fourth-order valence-corrected chi connectivity index (χ4v) is 5.01. The number of aromatic nitrogens is 2. The number of alkyl halides is 1. The van der Waals surface area contributed by atoms with E-state index in [4.69, 9.17) is 18.9 Å². The third-order valence-corrected chi connectivity index (χ3v) is 7.07. The van der Waals surface area contributed by atoms with E-state index in [0.29, 0.717) is 16.1 Å². The van der Waals surface area contributed by atoms with E-state index in [9.17, 15) is 14.7 Å². The molecule has 4 aromatic rings. The summed E-state index contributed by atoms with van der Waals surface area (Å²) in [6.45, 7) is -0.273. The number of aliphatic hydroxyl groups excluding tert-OH is 1. The van der Waals surface area contributed by atoms with Crippen molar-refractivity contribution in [1.82, 2.24) is 9.55 Å². The van der Waals surface area contributed by atoms with E-state index in [2.05, 4.69) is 4.98 Å². The van der Waals surface area contributed by atoms with Crippen LogP contribution in [0.15, 0.2) is 101 Å². The molecule has 1 aliphatic heterocycles. The van der Waals surface area contributed by atoms with Crippen LogP contribution in [0.2, 0.25) is 0 Å². The molecule has 0 unspecified atom stereocenters.